The van der Waals surface area contributed by atoms with Gasteiger partial charge in [0.2, 0.25) is 0 Å². The number of nitrogens with one attached hydrogen (secondary N) is 1. The molecule has 114 valence electrons. The van der Waals surface area contributed by atoms with Crippen LogP contribution in [0.5, 0.6) is 0 Å². The Labute approximate surface area is 125 Å². The predicted molar refractivity (Wildman–Crippen MR) is 80.0 cm³/mol. The fourth-order valence-corrected chi connectivity index (χ4v) is 3.92. The van der Waals surface area contributed by atoms with Gasteiger partial charge in [-0.2, -0.15) is 0 Å². The molecule has 0 spiro atoms. The number of sulfone groups is 1. The fraction of sp³-hybridized carbons (Fsp3) is 0.533. The van der Waals surface area contributed by atoms with Crippen LogP contribution < -0.4 is 5.32 Å². The quantitative estimate of drug-likeness (QED) is 0.901. The Morgan fingerprint density at radius 2 is 2.00 bits per heavy atom. The third kappa shape index (κ3) is 3.11. The molecule has 3 aliphatic rings. The summed E-state index contributed by atoms with van der Waals surface area (Å²) < 4.78 is 23.1. The van der Waals surface area contributed by atoms with E-state index in [-0.39, 0.29) is 16.8 Å². The molecule has 1 N–H and O–H groups in total. The van der Waals surface area contributed by atoms with E-state index in [0.717, 1.165) is 38.7 Å². The molecule has 5 nitrogen and oxygen atoms in total. The molecule has 1 aromatic rings. The summed E-state index contributed by atoms with van der Waals surface area (Å²) in [5.74, 6) is 0.372. The van der Waals surface area contributed by atoms with Crippen molar-refractivity contribution in [3.05, 3.63) is 29.8 Å². The molecule has 3 heterocycles. The van der Waals surface area contributed by atoms with E-state index in [1.807, 2.05) is 0 Å². The molecule has 0 aromatic heterocycles. The number of carbonyl (C=O) groups excluding carboxylic acids is 1. The van der Waals surface area contributed by atoms with Crippen LogP contribution in [0.15, 0.2) is 29.2 Å². The minimum Gasteiger partial charge on any atom is -0.348 e. The van der Waals surface area contributed by atoms with E-state index in [0.29, 0.717) is 11.5 Å². The summed E-state index contributed by atoms with van der Waals surface area (Å²) in [6.07, 6.45) is 3.42. The van der Waals surface area contributed by atoms with Crippen molar-refractivity contribution in [1.82, 2.24) is 10.2 Å². The normalized spacial score (nSPS) is 28.3. The average Bonchev–Trinajstić information content (AvgIpc) is 2.48. The maximum absolute atomic E-state index is 12.3. The second-order valence-corrected chi connectivity index (χ2v) is 8.03. The second kappa shape index (κ2) is 5.42. The van der Waals surface area contributed by atoms with Crippen molar-refractivity contribution in [3.8, 4) is 0 Å². The summed E-state index contributed by atoms with van der Waals surface area (Å²) in [6, 6.07) is 6.42. The Kier molecular flexibility index (Phi) is 3.75. The van der Waals surface area contributed by atoms with E-state index < -0.39 is 9.84 Å². The van der Waals surface area contributed by atoms with Gasteiger partial charge < -0.3 is 10.2 Å². The first kappa shape index (κ1) is 14.5. The summed E-state index contributed by atoms with van der Waals surface area (Å²) >= 11 is 0. The smallest absolute Gasteiger partial charge is 0.251 e. The van der Waals surface area contributed by atoms with E-state index in [1.54, 1.807) is 12.1 Å². The lowest BCUT2D eigenvalue weighted by Crippen LogP contribution is -2.57. The van der Waals surface area contributed by atoms with Crippen molar-refractivity contribution in [2.75, 3.05) is 25.9 Å². The molecule has 3 fully saturated rings. The van der Waals surface area contributed by atoms with Gasteiger partial charge in [0.1, 0.15) is 0 Å². The highest BCUT2D eigenvalue weighted by Gasteiger charge is 2.34. The number of hydrogen-bond acceptors (Lipinski definition) is 4. The molecule has 6 heteroatoms. The molecule has 1 amide bonds. The van der Waals surface area contributed by atoms with Crippen LogP contribution in [0.3, 0.4) is 0 Å². The molecule has 0 aliphatic carbocycles. The van der Waals surface area contributed by atoms with Crippen molar-refractivity contribution in [2.24, 2.45) is 5.92 Å². The van der Waals surface area contributed by atoms with Crippen LogP contribution in [0.1, 0.15) is 23.2 Å². The van der Waals surface area contributed by atoms with Crippen molar-refractivity contribution in [3.63, 3.8) is 0 Å². The monoisotopic (exact) mass is 308 g/mol. The summed E-state index contributed by atoms with van der Waals surface area (Å²) in [5.41, 5.74) is 0.411. The number of nitrogens with zero attached hydrogens (tertiary/aromatic N) is 1. The standard InChI is InChI=1S/C15H20N2O3S/c1-21(19,20)13-4-2-3-12(9-13)15(18)16-14-10-17-7-5-11(14)6-8-17/h2-4,9,11,14H,5-8,10H2,1H3,(H,16,18)/t14-/m1/s1. The molecule has 0 unspecified atom stereocenters. The molecule has 1 aromatic carbocycles. The third-order valence-electron chi connectivity index (χ3n) is 4.50. The molecule has 3 saturated heterocycles. The zero-order valence-corrected chi connectivity index (χ0v) is 12.9. The van der Waals surface area contributed by atoms with Gasteiger partial charge in [0.05, 0.1) is 4.90 Å². The first-order valence-corrected chi connectivity index (χ1v) is 9.16. The molecule has 0 radical (unpaired) electrons. The Morgan fingerprint density at radius 1 is 1.29 bits per heavy atom. The van der Waals surface area contributed by atoms with Crippen LogP contribution >= 0.6 is 0 Å². The van der Waals surface area contributed by atoms with Gasteiger partial charge in [0.25, 0.3) is 5.91 Å². The van der Waals surface area contributed by atoms with E-state index in [2.05, 4.69) is 10.2 Å². The lowest BCUT2D eigenvalue weighted by Gasteiger charge is -2.44. The third-order valence-corrected chi connectivity index (χ3v) is 5.61. The van der Waals surface area contributed by atoms with Crippen LogP contribution in [-0.4, -0.2) is 51.2 Å². The van der Waals surface area contributed by atoms with E-state index in [4.69, 9.17) is 0 Å². The van der Waals surface area contributed by atoms with E-state index in [1.165, 1.54) is 12.1 Å². The van der Waals surface area contributed by atoms with Crippen LogP contribution in [0.4, 0.5) is 0 Å². The summed E-state index contributed by atoms with van der Waals surface area (Å²) in [5, 5.41) is 3.07. The molecule has 21 heavy (non-hydrogen) atoms. The number of fused-ring (bicyclic) bond motifs is 3. The topological polar surface area (TPSA) is 66.5 Å². The maximum atomic E-state index is 12.3. The zero-order valence-electron chi connectivity index (χ0n) is 12.1. The number of rotatable bonds is 3. The van der Waals surface area contributed by atoms with Gasteiger partial charge in [-0.15, -0.1) is 0 Å². The highest BCUT2D eigenvalue weighted by Crippen LogP contribution is 2.27. The maximum Gasteiger partial charge on any atom is 0.251 e. The van der Waals surface area contributed by atoms with E-state index in [9.17, 15) is 13.2 Å². The Bertz CT molecular complexity index is 649. The van der Waals surface area contributed by atoms with Gasteiger partial charge in [0.15, 0.2) is 9.84 Å². The van der Waals surface area contributed by atoms with Crippen molar-refractivity contribution < 1.29 is 13.2 Å². The SMILES string of the molecule is CS(=O)(=O)c1cccc(C(=O)N[C@@H]2CN3CCC2CC3)c1. The van der Waals surface area contributed by atoms with Crippen molar-refractivity contribution in [2.45, 2.75) is 23.8 Å². The fourth-order valence-electron chi connectivity index (χ4n) is 3.25. The Morgan fingerprint density at radius 3 is 2.57 bits per heavy atom. The highest BCUT2D eigenvalue weighted by atomic mass is 32.2. The highest BCUT2D eigenvalue weighted by molar-refractivity contribution is 7.90. The molecule has 0 saturated carbocycles. The van der Waals surface area contributed by atoms with Crippen molar-refractivity contribution >= 4 is 15.7 Å². The van der Waals surface area contributed by atoms with Gasteiger partial charge >= 0.3 is 0 Å². The molecule has 1 atom stereocenters. The number of piperidine rings is 3. The lowest BCUT2D eigenvalue weighted by molar-refractivity contribution is 0.0620. The zero-order chi connectivity index (χ0) is 15.0. The number of benzene rings is 1. The predicted octanol–water partition coefficient (Wildman–Crippen LogP) is 0.914. The number of amides is 1. The minimum absolute atomic E-state index is 0.181. The number of carbonyl (C=O) groups is 1. The van der Waals surface area contributed by atoms with E-state index >= 15 is 0 Å². The number of hydrogen-bond donors (Lipinski definition) is 1. The molecule has 4 rings (SSSR count). The average molecular weight is 308 g/mol. The summed E-state index contributed by atoms with van der Waals surface area (Å²) in [7, 11) is -3.29. The second-order valence-electron chi connectivity index (χ2n) is 6.02. The van der Waals surface area contributed by atoms with Crippen LogP contribution in [-0.2, 0) is 9.84 Å². The van der Waals surface area contributed by atoms with Gasteiger partial charge in [-0.05, 0) is 50.0 Å². The van der Waals surface area contributed by atoms with Gasteiger partial charge in [-0.25, -0.2) is 8.42 Å². The Balaban J connectivity index is 1.74. The van der Waals surface area contributed by atoms with Crippen LogP contribution in [0, 0.1) is 5.92 Å². The van der Waals surface area contributed by atoms with Crippen LogP contribution in [0.2, 0.25) is 0 Å². The summed E-state index contributed by atoms with van der Waals surface area (Å²) in [6.45, 7) is 3.16. The first-order valence-electron chi connectivity index (χ1n) is 7.27. The minimum atomic E-state index is -3.29. The molecule has 3 aliphatic heterocycles. The largest absolute Gasteiger partial charge is 0.348 e. The first-order chi connectivity index (χ1) is 9.93. The van der Waals surface area contributed by atoms with Gasteiger partial charge in [-0.1, -0.05) is 6.07 Å². The summed E-state index contributed by atoms with van der Waals surface area (Å²) in [4.78, 5) is 14.9. The molecular formula is C15H20N2O3S. The van der Waals surface area contributed by atoms with Crippen molar-refractivity contribution in [1.29, 1.82) is 0 Å². The lowest BCUT2D eigenvalue weighted by atomic mass is 9.84. The molecular weight excluding hydrogens is 288 g/mol. The van der Waals surface area contributed by atoms with Crippen LogP contribution in [0.25, 0.3) is 0 Å². The van der Waals surface area contributed by atoms with Gasteiger partial charge in [-0.3, -0.25) is 4.79 Å². The van der Waals surface area contributed by atoms with Gasteiger partial charge in [0, 0.05) is 24.4 Å². The molecule has 2 bridgehead atoms. The Hall–Kier alpha value is -1.40.